The molecule has 0 radical (unpaired) electrons. The predicted molar refractivity (Wildman–Crippen MR) is 87.9 cm³/mol. The molecule has 1 aromatic rings. The largest absolute Gasteiger partial charge is 0.506 e. The maximum Gasteiger partial charge on any atom is 0.257 e. The number of likely N-dealkylation sites (tertiary alicyclic amines) is 1. The van der Waals surface area contributed by atoms with Gasteiger partial charge in [0.15, 0.2) is 0 Å². The van der Waals surface area contributed by atoms with Gasteiger partial charge >= 0.3 is 0 Å². The van der Waals surface area contributed by atoms with Gasteiger partial charge in [0, 0.05) is 16.7 Å². The van der Waals surface area contributed by atoms with Gasteiger partial charge in [0.2, 0.25) is 0 Å². The number of halogens is 2. The Labute approximate surface area is 134 Å². The van der Waals surface area contributed by atoms with Crippen LogP contribution in [0.15, 0.2) is 12.1 Å². The van der Waals surface area contributed by atoms with Gasteiger partial charge in [-0.05, 0) is 70.2 Å². The lowest BCUT2D eigenvalue weighted by Crippen LogP contribution is -2.32. The molecule has 1 fully saturated rings. The van der Waals surface area contributed by atoms with E-state index in [9.17, 15) is 9.90 Å². The lowest BCUT2D eigenvalue weighted by molar-refractivity contribution is 0.0758. The molecule has 1 heterocycles. The van der Waals surface area contributed by atoms with Crippen LogP contribution in [0, 0.1) is 7.14 Å². The normalized spacial score (nSPS) is 16.4. The number of aromatic hydroxyl groups is 1. The van der Waals surface area contributed by atoms with E-state index >= 15 is 0 Å². The van der Waals surface area contributed by atoms with Gasteiger partial charge in [-0.25, -0.2) is 0 Å². The van der Waals surface area contributed by atoms with Gasteiger partial charge in [0.05, 0.1) is 9.13 Å². The molecule has 0 saturated carbocycles. The molecule has 0 unspecified atom stereocenters. The van der Waals surface area contributed by atoms with Crippen LogP contribution in [0.25, 0.3) is 0 Å². The van der Waals surface area contributed by atoms with E-state index in [2.05, 4.69) is 45.2 Å². The number of phenols is 1. The molecule has 1 aliphatic heterocycles. The third-order valence-electron chi connectivity index (χ3n) is 3.15. The van der Waals surface area contributed by atoms with Crippen molar-refractivity contribution in [2.45, 2.75) is 25.7 Å². The summed E-state index contributed by atoms with van der Waals surface area (Å²) in [6, 6.07) is 3.64. The zero-order chi connectivity index (χ0) is 13.1. The molecule has 18 heavy (non-hydrogen) atoms. The molecule has 1 saturated heterocycles. The molecule has 0 aliphatic carbocycles. The first-order chi connectivity index (χ1) is 8.59. The molecular formula is C13H15I2NO2. The molecule has 1 aliphatic rings. The van der Waals surface area contributed by atoms with E-state index in [0.717, 1.165) is 33.1 Å². The second-order valence-corrected chi connectivity index (χ2v) is 6.90. The monoisotopic (exact) mass is 471 g/mol. The number of phenolic OH excluding ortho intramolecular Hbond substituents is 1. The highest BCUT2D eigenvalue weighted by Gasteiger charge is 2.21. The maximum atomic E-state index is 12.4. The summed E-state index contributed by atoms with van der Waals surface area (Å²) in [6.45, 7) is 1.61. The third kappa shape index (κ3) is 3.28. The van der Waals surface area contributed by atoms with E-state index in [0.29, 0.717) is 5.56 Å². The Balaban J connectivity index is 2.27. The van der Waals surface area contributed by atoms with Crippen LogP contribution in [-0.4, -0.2) is 29.0 Å². The van der Waals surface area contributed by atoms with E-state index in [1.54, 1.807) is 6.07 Å². The van der Waals surface area contributed by atoms with Crippen LogP contribution in [0.2, 0.25) is 0 Å². The topological polar surface area (TPSA) is 40.5 Å². The van der Waals surface area contributed by atoms with Gasteiger partial charge in [0.1, 0.15) is 5.75 Å². The minimum absolute atomic E-state index is 0.0363. The van der Waals surface area contributed by atoms with Gasteiger partial charge in [0.25, 0.3) is 5.91 Å². The van der Waals surface area contributed by atoms with Crippen molar-refractivity contribution in [2.75, 3.05) is 13.1 Å². The Hall–Kier alpha value is -0.0500. The Bertz CT molecular complexity index is 455. The summed E-state index contributed by atoms with van der Waals surface area (Å²) in [5.74, 6) is 0.0797. The predicted octanol–water partition coefficient (Wildman–Crippen LogP) is 3.62. The van der Waals surface area contributed by atoms with Gasteiger partial charge in [-0.3, -0.25) is 4.79 Å². The fourth-order valence-corrected chi connectivity index (χ4v) is 4.02. The number of amides is 1. The molecule has 98 valence electrons. The number of rotatable bonds is 1. The number of benzene rings is 1. The minimum Gasteiger partial charge on any atom is -0.506 e. The molecule has 0 atom stereocenters. The van der Waals surface area contributed by atoms with E-state index in [1.165, 1.54) is 12.8 Å². The van der Waals surface area contributed by atoms with Crippen molar-refractivity contribution in [1.29, 1.82) is 0 Å². The molecule has 3 nitrogen and oxygen atoms in total. The van der Waals surface area contributed by atoms with Crippen molar-refractivity contribution in [1.82, 2.24) is 4.90 Å². The summed E-state index contributed by atoms with van der Waals surface area (Å²) in [5.41, 5.74) is 0.438. The summed E-state index contributed by atoms with van der Waals surface area (Å²) in [5, 5.41) is 10.0. The zero-order valence-corrected chi connectivity index (χ0v) is 14.3. The van der Waals surface area contributed by atoms with E-state index < -0.39 is 0 Å². The van der Waals surface area contributed by atoms with Crippen LogP contribution >= 0.6 is 45.2 Å². The summed E-state index contributed by atoms with van der Waals surface area (Å²) in [4.78, 5) is 14.3. The Kier molecular flexibility index (Phi) is 5.11. The maximum absolute atomic E-state index is 12.4. The highest BCUT2D eigenvalue weighted by Crippen LogP contribution is 2.28. The van der Waals surface area contributed by atoms with Crippen molar-refractivity contribution in [2.24, 2.45) is 0 Å². The fraction of sp³-hybridized carbons (Fsp3) is 0.462. The summed E-state index contributed by atoms with van der Waals surface area (Å²) >= 11 is 4.23. The number of carbonyl (C=O) groups excluding carboxylic acids is 1. The molecule has 0 spiro atoms. The summed E-state index contributed by atoms with van der Waals surface area (Å²) in [7, 11) is 0. The Morgan fingerprint density at radius 2 is 1.72 bits per heavy atom. The first kappa shape index (κ1) is 14.4. The highest BCUT2D eigenvalue weighted by molar-refractivity contribution is 14.1. The van der Waals surface area contributed by atoms with Gasteiger partial charge in [-0.2, -0.15) is 0 Å². The minimum atomic E-state index is -0.0363. The first-order valence-electron chi connectivity index (χ1n) is 6.07. The third-order valence-corrected chi connectivity index (χ3v) is 4.60. The van der Waals surface area contributed by atoms with Crippen LogP contribution in [0.1, 0.15) is 36.0 Å². The van der Waals surface area contributed by atoms with Crippen molar-refractivity contribution in [3.05, 3.63) is 24.8 Å². The lowest BCUT2D eigenvalue weighted by atomic mass is 10.1. The van der Waals surface area contributed by atoms with Gasteiger partial charge in [-0.15, -0.1) is 0 Å². The molecule has 1 N–H and O–H groups in total. The van der Waals surface area contributed by atoms with Crippen LogP contribution < -0.4 is 0 Å². The van der Waals surface area contributed by atoms with Gasteiger partial charge in [-0.1, -0.05) is 12.8 Å². The quantitative estimate of drug-likeness (QED) is 0.637. The van der Waals surface area contributed by atoms with E-state index in [1.807, 2.05) is 11.0 Å². The van der Waals surface area contributed by atoms with Crippen LogP contribution in [0.5, 0.6) is 5.75 Å². The Morgan fingerprint density at radius 1 is 1.11 bits per heavy atom. The average molecular weight is 471 g/mol. The molecular weight excluding hydrogens is 456 g/mol. The van der Waals surface area contributed by atoms with Crippen molar-refractivity contribution >= 4 is 51.1 Å². The van der Waals surface area contributed by atoms with Crippen molar-refractivity contribution in [3.8, 4) is 5.75 Å². The van der Waals surface area contributed by atoms with Crippen LogP contribution in [-0.2, 0) is 0 Å². The number of hydrogen-bond donors (Lipinski definition) is 1. The molecule has 2 rings (SSSR count). The second kappa shape index (κ2) is 6.40. The van der Waals surface area contributed by atoms with Crippen LogP contribution in [0.4, 0.5) is 0 Å². The van der Waals surface area contributed by atoms with Crippen molar-refractivity contribution in [3.63, 3.8) is 0 Å². The number of hydrogen-bond acceptors (Lipinski definition) is 2. The SMILES string of the molecule is O=C(c1cc(I)cc(I)c1O)N1CCCCCC1. The first-order valence-corrected chi connectivity index (χ1v) is 8.22. The lowest BCUT2D eigenvalue weighted by Gasteiger charge is -2.21. The van der Waals surface area contributed by atoms with E-state index in [-0.39, 0.29) is 11.7 Å². The van der Waals surface area contributed by atoms with Crippen molar-refractivity contribution < 1.29 is 9.90 Å². The fourth-order valence-electron chi connectivity index (χ4n) is 2.17. The van der Waals surface area contributed by atoms with E-state index in [4.69, 9.17) is 0 Å². The molecule has 1 amide bonds. The summed E-state index contributed by atoms with van der Waals surface area (Å²) in [6.07, 6.45) is 4.51. The number of nitrogens with zero attached hydrogens (tertiary/aromatic N) is 1. The van der Waals surface area contributed by atoms with Crippen LogP contribution in [0.3, 0.4) is 0 Å². The van der Waals surface area contributed by atoms with Gasteiger partial charge < -0.3 is 10.0 Å². The summed E-state index contributed by atoms with van der Waals surface area (Å²) < 4.78 is 1.71. The smallest absolute Gasteiger partial charge is 0.257 e. The molecule has 0 bridgehead atoms. The molecule has 5 heteroatoms. The molecule has 0 aromatic heterocycles. The zero-order valence-electron chi connectivity index (χ0n) is 9.96. The standard InChI is InChI=1S/C13H15I2NO2/c14-9-7-10(12(17)11(15)8-9)13(18)16-5-3-1-2-4-6-16/h7-8,17H,1-6H2. The average Bonchev–Trinajstić information content (AvgIpc) is 2.61. The number of carbonyl (C=O) groups is 1. The second-order valence-electron chi connectivity index (χ2n) is 4.49. The molecule has 1 aromatic carbocycles. The Morgan fingerprint density at radius 3 is 2.33 bits per heavy atom. The highest BCUT2D eigenvalue weighted by atomic mass is 127.